The molecule has 0 unspecified atom stereocenters. The van der Waals surface area contributed by atoms with Crippen LogP contribution in [0.4, 0.5) is 10.5 Å². The molecule has 0 saturated carbocycles. The summed E-state index contributed by atoms with van der Waals surface area (Å²) in [7, 11) is 1.25. The number of rotatable bonds is 4. The lowest BCUT2D eigenvalue weighted by molar-refractivity contribution is -0.118. The molecule has 23 heavy (non-hydrogen) atoms. The zero-order valence-corrected chi connectivity index (χ0v) is 14.2. The molecule has 3 amide bonds. The first kappa shape index (κ1) is 18.8. The van der Waals surface area contributed by atoms with Gasteiger partial charge in [0.05, 0.1) is 24.2 Å². The second-order valence-corrected chi connectivity index (χ2v) is 6.20. The molecular formula is C15H20ClN3O4. The predicted octanol–water partition coefficient (Wildman–Crippen LogP) is 2.16. The lowest BCUT2D eigenvalue weighted by Crippen LogP contribution is -2.49. The van der Waals surface area contributed by atoms with Crippen LogP contribution in [0.25, 0.3) is 0 Å². The number of urea groups is 1. The SMILES string of the molecule is COC(=O)c1cc(NCC(=O)NC(=O)NC(C)(C)C)ccc1Cl. The van der Waals surface area contributed by atoms with Gasteiger partial charge in [-0.15, -0.1) is 0 Å². The quantitative estimate of drug-likeness (QED) is 0.729. The molecule has 0 bridgehead atoms. The molecule has 3 N–H and O–H groups in total. The highest BCUT2D eigenvalue weighted by Crippen LogP contribution is 2.21. The van der Waals surface area contributed by atoms with Crippen LogP contribution in [0, 0.1) is 0 Å². The number of hydrogen-bond donors (Lipinski definition) is 3. The minimum absolute atomic E-state index is 0.139. The molecule has 0 aliphatic carbocycles. The van der Waals surface area contributed by atoms with Crippen LogP contribution in [0.1, 0.15) is 31.1 Å². The maximum absolute atomic E-state index is 11.7. The predicted molar refractivity (Wildman–Crippen MR) is 87.7 cm³/mol. The number of anilines is 1. The Bertz CT molecular complexity index is 611. The van der Waals surface area contributed by atoms with Gasteiger partial charge in [-0.25, -0.2) is 9.59 Å². The van der Waals surface area contributed by atoms with Crippen molar-refractivity contribution in [3.8, 4) is 0 Å². The number of esters is 1. The van der Waals surface area contributed by atoms with Crippen LogP contribution in [-0.2, 0) is 9.53 Å². The Morgan fingerprint density at radius 3 is 2.43 bits per heavy atom. The summed E-state index contributed by atoms with van der Waals surface area (Å²) in [5.41, 5.74) is 0.245. The molecule has 1 aromatic rings. The maximum atomic E-state index is 11.7. The standard InChI is InChI=1S/C15H20ClN3O4/c1-15(2,3)19-14(22)18-12(20)8-17-9-5-6-11(16)10(7-9)13(21)23-4/h5-7,17H,8H2,1-4H3,(H2,18,19,20,22). The van der Waals surface area contributed by atoms with E-state index in [1.807, 2.05) is 0 Å². The molecule has 0 saturated heterocycles. The van der Waals surface area contributed by atoms with Crippen LogP contribution in [0.3, 0.4) is 0 Å². The van der Waals surface area contributed by atoms with Crippen LogP contribution in [-0.4, -0.2) is 37.1 Å². The molecule has 126 valence electrons. The zero-order valence-electron chi connectivity index (χ0n) is 13.5. The number of carbonyl (C=O) groups excluding carboxylic acids is 3. The van der Waals surface area contributed by atoms with Crippen molar-refractivity contribution in [1.29, 1.82) is 0 Å². The molecular weight excluding hydrogens is 322 g/mol. The van der Waals surface area contributed by atoms with Gasteiger partial charge in [0, 0.05) is 11.2 Å². The lowest BCUT2D eigenvalue weighted by Gasteiger charge is -2.20. The first-order chi connectivity index (χ1) is 10.6. The van der Waals surface area contributed by atoms with Gasteiger partial charge in [0.25, 0.3) is 0 Å². The summed E-state index contributed by atoms with van der Waals surface area (Å²) < 4.78 is 4.61. The Labute approximate surface area is 139 Å². The van der Waals surface area contributed by atoms with Crippen molar-refractivity contribution >= 4 is 35.2 Å². The minimum atomic E-state index is -0.576. The first-order valence-electron chi connectivity index (χ1n) is 6.86. The summed E-state index contributed by atoms with van der Waals surface area (Å²) in [6, 6.07) is 4.02. The summed E-state index contributed by atoms with van der Waals surface area (Å²) in [6.07, 6.45) is 0. The first-order valence-corrected chi connectivity index (χ1v) is 7.24. The zero-order chi connectivity index (χ0) is 17.6. The molecule has 7 nitrogen and oxygen atoms in total. The van der Waals surface area contributed by atoms with E-state index >= 15 is 0 Å². The van der Waals surface area contributed by atoms with Crippen molar-refractivity contribution in [1.82, 2.24) is 10.6 Å². The van der Waals surface area contributed by atoms with Gasteiger partial charge >= 0.3 is 12.0 Å². The molecule has 8 heteroatoms. The molecule has 0 aromatic heterocycles. The van der Waals surface area contributed by atoms with E-state index in [4.69, 9.17) is 11.6 Å². The van der Waals surface area contributed by atoms with Gasteiger partial charge in [-0.1, -0.05) is 11.6 Å². The third-order valence-electron chi connectivity index (χ3n) is 2.57. The van der Waals surface area contributed by atoms with Crippen molar-refractivity contribution in [2.24, 2.45) is 0 Å². The fraction of sp³-hybridized carbons (Fsp3) is 0.400. The van der Waals surface area contributed by atoms with Crippen molar-refractivity contribution < 1.29 is 19.1 Å². The van der Waals surface area contributed by atoms with Crippen molar-refractivity contribution in [2.45, 2.75) is 26.3 Å². The van der Waals surface area contributed by atoms with Crippen LogP contribution < -0.4 is 16.0 Å². The number of methoxy groups -OCH3 is 1. The van der Waals surface area contributed by atoms with E-state index in [0.29, 0.717) is 5.69 Å². The molecule has 1 aromatic carbocycles. The van der Waals surface area contributed by atoms with E-state index in [9.17, 15) is 14.4 Å². The second kappa shape index (κ2) is 7.82. The van der Waals surface area contributed by atoms with E-state index in [2.05, 4.69) is 20.7 Å². The smallest absolute Gasteiger partial charge is 0.339 e. The number of carbonyl (C=O) groups is 3. The number of ether oxygens (including phenoxy) is 1. The minimum Gasteiger partial charge on any atom is -0.465 e. The Morgan fingerprint density at radius 2 is 1.87 bits per heavy atom. The van der Waals surface area contributed by atoms with E-state index < -0.39 is 23.4 Å². The Balaban J connectivity index is 2.60. The highest BCUT2D eigenvalue weighted by molar-refractivity contribution is 6.33. The second-order valence-electron chi connectivity index (χ2n) is 5.79. The number of benzene rings is 1. The van der Waals surface area contributed by atoms with Gasteiger partial charge in [0.15, 0.2) is 0 Å². The number of amides is 3. The van der Waals surface area contributed by atoms with Gasteiger partial charge in [-0.2, -0.15) is 0 Å². The van der Waals surface area contributed by atoms with Crippen molar-refractivity contribution in [3.63, 3.8) is 0 Å². The number of halogens is 1. The summed E-state index contributed by atoms with van der Waals surface area (Å²) in [5.74, 6) is -1.09. The Hall–Kier alpha value is -2.28. The van der Waals surface area contributed by atoms with E-state index in [-0.39, 0.29) is 17.1 Å². The Kier molecular flexibility index (Phi) is 6.38. The van der Waals surface area contributed by atoms with Crippen LogP contribution in [0.15, 0.2) is 18.2 Å². The van der Waals surface area contributed by atoms with Gasteiger partial charge in [-0.3, -0.25) is 10.1 Å². The summed E-state index contributed by atoms with van der Waals surface area (Å²) >= 11 is 5.90. The van der Waals surface area contributed by atoms with E-state index in [0.717, 1.165) is 0 Å². The average molecular weight is 342 g/mol. The van der Waals surface area contributed by atoms with Crippen molar-refractivity contribution in [2.75, 3.05) is 19.0 Å². The monoisotopic (exact) mass is 341 g/mol. The topological polar surface area (TPSA) is 96.5 Å². The number of imide groups is 1. The largest absolute Gasteiger partial charge is 0.465 e. The van der Waals surface area contributed by atoms with Gasteiger partial charge in [0.2, 0.25) is 5.91 Å². The van der Waals surface area contributed by atoms with Gasteiger partial charge in [-0.05, 0) is 39.0 Å². The van der Waals surface area contributed by atoms with Gasteiger partial charge < -0.3 is 15.4 Å². The summed E-state index contributed by atoms with van der Waals surface area (Å²) in [5, 5.41) is 7.85. The summed E-state index contributed by atoms with van der Waals surface area (Å²) in [6.45, 7) is 5.27. The highest BCUT2D eigenvalue weighted by Gasteiger charge is 2.16. The molecule has 0 spiro atoms. The third kappa shape index (κ3) is 6.56. The van der Waals surface area contributed by atoms with E-state index in [1.54, 1.807) is 26.8 Å². The normalized spacial score (nSPS) is 10.7. The number of nitrogens with one attached hydrogen (secondary N) is 3. The van der Waals surface area contributed by atoms with Crippen LogP contribution >= 0.6 is 11.6 Å². The molecule has 0 heterocycles. The van der Waals surface area contributed by atoms with Crippen LogP contribution in [0.5, 0.6) is 0 Å². The van der Waals surface area contributed by atoms with Gasteiger partial charge in [0.1, 0.15) is 0 Å². The Morgan fingerprint density at radius 1 is 1.22 bits per heavy atom. The molecule has 0 radical (unpaired) electrons. The molecule has 1 rings (SSSR count). The van der Waals surface area contributed by atoms with E-state index in [1.165, 1.54) is 19.2 Å². The molecule has 0 aliphatic heterocycles. The highest BCUT2D eigenvalue weighted by atomic mass is 35.5. The fourth-order valence-corrected chi connectivity index (χ4v) is 1.82. The molecule has 0 aliphatic rings. The molecule has 0 atom stereocenters. The maximum Gasteiger partial charge on any atom is 0.339 e. The fourth-order valence-electron chi connectivity index (χ4n) is 1.63. The van der Waals surface area contributed by atoms with Crippen molar-refractivity contribution in [3.05, 3.63) is 28.8 Å². The summed E-state index contributed by atoms with van der Waals surface area (Å²) in [4.78, 5) is 34.8. The number of hydrogen-bond acceptors (Lipinski definition) is 5. The third-order valence-corrected chi connectivity index (χ3v) is 2.90. The average Bonchev–Trinajstić information content (AvgIpc) is 2.43. The molecule has 0 fully saturated rings. The lowest BCUT2D eigenvalue weighted by atomic mass is 10.1. The van der Waals surface area contributed by atoms with Crippen LogP contribution in [0.2, 0.25) is 5.02 Å².